The van der Waals surface area contributed by atoms with Gasteiger partial charge in [0.1, 0.15) is 0 Å². The van der Waals surface area contributed by atoms with Crippen LogP contribution in [-0.2, 0) is 0 Å². The summed E-state index contributed by atoms with van der Waals surface area (Å²) < 4.78 is 0. The third-order valence-corrected chi connectivity index (χ3v) is 2.54. The Bertz CT molecular complexity index is 92.7. The predicted molar refractivity (Wildman–Crippen MR) is 69.1 cm³/mol. The Morgan fingerprint density at radius 3 is 2.00 bits per heavy atom. The summed E-state index contributed by atoms with van der Waals surface area (Å²) in [7, 11) is 0. The SMILES string of the molecule is [CH2]CCNCCNCCCCCCCC. The second kappa shape index (κ2) is 13.9. The topological polar surface area (TPSA) is 24.1 Å². The van der Waals surface area contributed by atoms with E-state index in [-0.39, 0.29) is 0 Å². The third kappa shape index (κ3) is 13.9. The fourth-order valence-corrected chi connectivity index (χ4v) is 1.58. The lowest BCUT2D eigenvalue weighted by Crippen LogP contribution is -2.28. The Labute approximate surface area is 96.2 Å². The zero-order chi connectivity index (χ0) is 11.2. The zero-order valence-electron chi connectivity index (χ0n) is 10.5. The second-order valence-electron chi connectivity index (χ2n) is 4.12. The fraction of sp³-hybridized carbons (Fsp3) is 0.923. The first-order chi connectivity index (χ1) is 7.41. The van der Waals surface area contributed by atoms with Crippen LogP contribution in [-0.4, -0.2) is 26.2 Å². The van der Waals surface area contributed by atoms with Crippen LogP contribution in [0.5, 0.6) is 0 Å². The molecule has 1 radical (unpaired) electrons. The summed E-state index contributed by atoms with van der Waals surface area (Å²) in [4.78, 5) is 0. The molecule has 0 atom stereocenters. The van der Waals surface area contributed by atoms with Crippen molar-refractivity contribution in [2.75, 3.05) is 26.2 Å². The van der Waals surface area contributed by atoms with Crippen molar-refractivity contribution in [3.63, 3.8) is 0 Å². The Hall–Kier alpha value is -0.0800. The fourth-order valence-electron chi connectivity index (χ4n) is 1.58. The average Bonchev–Trinajstić information content (AvgIpc) is 2.26. The summed E-state index contributed by atoms with van der Waals surface area (Å²) in [6.07, 6.45) is 9.28. The highest BCUT2D eigenvalue weighted by molar-refractivity contribution is 4.53. The van der Waals surface area contributed by atoms with Gasteiger partial charge in [-0.25, -0.2) is 0 Å². The van der Waals surface area contributed by atoms with Gasteiger partial charge < -0.3 is 10.6 Å². The molecule has 0 aliphatic carbocycles. The standard InChI is InChI=1S/C13H29N2/c1-3-5-6-7-8-9-11-15-13-12-14-10-4-2/h14-15H,2-13H2,1H3. The first-order valence-electron chi connectivity index (χ1n) is 6.62. The minimum absolute atomic E-state index is 0.984. The van der Waals surface area contributed by atoms with Crippen molar-refractivity contribution in [3.05, 3.63) is 6.92 Å². The van der Waals surface area contributed by atoms with Gasteiger partial charge in [0.05, 0.1) is 0 Å². The van der Waals surface area contributed by atoms with Crippen molar-refractivity contribution in [1.82, 2.24) is 10.6 Å². The quantitative estimate of drug-likeness (QED) is 0.487. The molecule has 2 heteroatoms. The van der Waals surface area contributed by atoms with Crippen molar-refractivity contribution in [3.8, 4) is 0 Å². The van der Waals surface area contributed by atoms with Crippen LogP contribution in [0.1, 0.15) is 51.9 Å². The minimum Gasteiger partial charge on any atom is -0.315 e. The molecule has 0 heterocycles. The third-order valence-electron chi connectivity index (χ3n) is 2.54. The predicted octanol–water partition coefficient (Wildman–Crippen LogP) is 2.75. The molecular formula is C13H29N2. The maximum atomic E-state index is 3.79. The normalized spacial score (nSPS) is 10.8. The van der Waals surface area contributed by atoms with Crippen LogP contribution in [0.3, 0.4) is 0 Å². The summed E-state index contributed by atoms with van der Waals surface area (Å²) in [6, 6.07) is 0. The van der Waals surface area contributed by atoms with Crippen LogP contribution < -0.4 is 10.6 Å². The second-order valence-corrected chi connectivity index (χ2v) is 4.12. The van der Waals surface area contributed by atoms with E-state index in [0.717, 1.165) is 26.1 Å². The summed E-state index contributed by atoms with van der Waals surface area (Å²) in [5, 5.41) is 6.78. The summed E-state index contributed by atoms with van der Waals surface area (Å²) in [5.74, 6) is 0. The monoisotopic (exact) mass is 213 g/mol. The number of rotatable bonds is 12. The van der Waals surface area contributed by atoms with E-state index in [0.29, 0.717) is 0 Å². The lowest BCUT2D eigenvalue weighted by Gasteiger charge is -2.05. The molecule has 2 nitrogen and oxygen atoms in total. The van der Waals surface area contributed by atoms with E-state index in [1.807, 2.05) is 0 Å². The maximum absolute atomic E-state index is 3.79. The van der Waals surface area contributed by atoms with Gasteiger partial charge >= 0.3 is 0 Å². The van der Waals surface area contributed by atoms with Gasteiger partial charge in [0, 0.05) is 13.1 Å². The number of hydrogen-bond donors (Lipinski definition) is 2. The van der Waals surface area contributed by atoms with Gasteiger partial charge in [-0.1, -0.05) is 46.0 Å². The largest absolute Gasteiger partial charge is 0.315 e. The first kappa shape index (κ1) is 14.9. The van der Waals surface area contributed by atoms with E-state index < -0.39 is 0 Å². The molecule has 0 bridgehead atoms. The van der Waals surface area contributed by atoms with E-state index in [4.69, 9.17) is 0 Å². The Kier molecular flexibility index (Phi) is 13.8. The van der Waals surface area contributed by atoms with Crippen LogP contribution in [0, 0.1) is 6.92 Å². The number of hydrogen-bond acceptors (Lipinski definition) is 2. The van der Waals surface area contributed by atoms with E-state index in [1.54, 1.807) is 0 Å². The molecule has 0 saturated heterocycles. The molecule has 0 aromatic rings. The molecule has 0 saturated carbocycles. The van der Waals surface area contributed by atoms with Gasteiger partial charge in [0.25, 0.3) is 0 Å². The highest BCUT2D eigenvalue weighted by atomic mass is 14.9. The zero-order valence-corrected chi connectivity index (χ0v) is 10.5. The molecular weight excluding hydrogens is 184 g/mol. The minimum atomic E-state index is 0.984. The summed E-state index contributed by atoms with van der Waals surface area (Å²) in [5.41, 5.74) is 0. The molecule has 0 aromatic heterocycles. The Balaban J connectivity index is 2.81. The molecule has 15 heavy (non-hydrogen) atoms. The van der Waals surface area contributed by atoms with Gasteiger partial charge in [-0.2, -0.15) is 0 Å². The lowest BCUT2D eigenvalue weighted by atomic mass is 10.1. The molecule has 0 spiro atoms. The van der Waals surface area contributed by atoms with Crippen LogP contribution in [0.4, 0.5) is 0 Å². The Morgan fingerprint density at radius 1 is 0.733 bits per heavy atom. The van der Waals surface area contributed by atoms with E-state index in [2.05, 4.69) is 24.5 Å². The van der Waals surface area contributed by atoms with Gasteiger partial charge in [-0.05, 0) is 25.9 Å². The average molecular weight is 213 g/mol. The van der Waals surface area contributed by atoms with Gasteiger partial charge in [0.2, 0.25) is 0 Å². The molecule has 0 unspecified atom stereocenters. The molecule has 0 amide bonds. The van der Waals surface area contributed by atoms with E-state index >= 15 is 0 Å². The molecule has 0 rings (SSSR count). The van der Waals surface area contributed by atoms with Crippen molar-refractivity contribution in [2.45, 2.75) is 51.9 Å². The summed E-state index contributed by atoms with van der Waals surface area (Å²) in [6.45, 7) is 10.4. The van der Waals surface area contributed by atoms with Gasteiger partial charge in [0.15, 0.2) is 0 Å². The Morgan fingerprint density at radius 2 is 1.33 bits per heavy atom. The molecule has 91 valence electrons. The van der Waals surface area contributed by atoms with Crippen molar-refractivity contribution < 1.29 is 0 Å². The maximum Gasteiger partial charge on any atom is 0.00767 e. The number of nitrogens with one attached hydrogen (secondary N) is 2. The highest BCUT2D eigenvalue weighted by Gasteiger charge is 1.90. The molecule has 2 N–H and O–H groups in total. The molecule has 0 aliphatic rings. The van der Waals surface area contributed by atoms with Crippen molar-refractivity contribution in [2.24, 2.45) is 0 Å². The van der Waals surface area contributed by atoms with Gasteiger partial charge in [-0.15, -0.1) is 0 Å². The van der Waals surface area contributed by atoms with Gasteiger partial charge in [-0.3, -0.25) is 0 Å². The van der Waals surface area contributed by atoms with E-state index in [9.17, 15) is 0 Å². The summed E-state index contributed by atoms with van der Waals surface area (Å²) >= 11 is 0. The van der Waals surface area contributed by atoms with Crippen LogP contribution in [0.2, 0.25) is 0 Å². The first-order valence-corrected chi connectivity index (χ1v) is 6.62. The van der Waals surface area contributed by atoms with Crippen LogP contribution in [0.25, 0.3) is 0 Å². The molecule has 0 aliphatic heterocycles. The van der Waals surface area contributed by atoms with Crippen molar-refractivity contribution in [1.29, 1.82) is 0 Å². The number of unbranched alkanes of at least 4 members (excludes halogenated alkanes) is 5. The highest BCUT2D eigenvalue weighted by Crippen LogP contribution is 2.03. The smallest absolute Gasteiger partial charge is 0.00767 e. The van der Waals surface area contributed by atoms with Crippen LogP contribution >= 0.6 is 0 Å². The van der Waals surface area contributed by atoms with Crippen LogP contribution in [0.15, 0.2) is 0 Å². The van der Waals surface area contributed by atoms with E-state index in [1.165, 1.54) is 45.1 Å². The van der Waals surface area contributed by atoms with Crippen molar-refractivity contribution >= 4 is 0 Å². The molecule has 0 aromatic carbocycles. The molecule has 0 fully saturated rings. The lowest BCUT2D eigenvalue weighted by molar-refractivity contribution is 0.559.